The molecule has 0 aromatic heterocycles. The van der Waals surface area contributed by atoms with Crippen LogP contribution in [0.1, 0.15) is 39.5 Å². The van der Waals surface area contributed by atoms with E-state index in [0.717, 1.165) is 38.8 Å². The summed E-state index contributed by atoms with van der Waals surface area (Å²) in [6, 6.07) is 0.0358. The second-order valence-electron chi connectivity index (χ2n) is 11.9. The van der Waals surface area contributed by atoms with E-state index in [2.05, 4.69) is 18.7 Å². The lowest BCUT2D eigenvalue weighted by Gasteiger charge is -2.69. The summed E-state index contributed by atoms with van der Waals surface area (Å²) in [4.78, 5) is 2.59. The minimum Gasteiger partial charge on any atom is -0.392 e. The van der Waals surface area contributed by atoms with Crippen molar-refractivity contribution in [3.05, 3.63) is 0 Å². The Bertz CT molecular complexity index is 811. The number of ether oxygens (including phenoxy) is 4. The summed E-state index contributed by atoms with van der Waals surface area (Å²) in [7, 11) is 3.57. The molecule has 174 valence electrons. The molecule has 2 heterocycles. The minimum absolute atomic E-state index is 0.0358. The average molecular weight is 436 g/mol. The Kier molecular flexibility index (Phi) is 3.80. The molecule has 0 radical (unpaired) electrons. The van der Waals surface area contributed by atoms with Gasteiger partial charge in [-0.1, -0.05) is 13.8 Å². The molecular weight excluding hydrogens is 398 g/mol. The summed E-state index contributed by atoms with van der Waals surface area (Å²) >= 11 is 0. The molecular formula is C24H37NO6. The zero-order valence-electron chi connectivity index (χ0n) is 19.1. The largest absolute Gasteiger partial charge is 0.392 e. The molecule has 0 aromatic rings. The van der Waals surface area contributed by atoms with Crippen molar-refractivity contribution in [2.24, 2.45) is 34.5 Å². The van der Waals surface area contributed by atoms with E-state index in [0.29, 0.717) is 0 Å². The molecule has 2 saturated heterocycles. The van der Waals surface area contributed by atoms with Crippen molar-refractivity contribution in [1.29, 1.82) is 0 Å². The summed E-state index contributed by atoms with van der Waals surface area (Å²) in [5.74, 6) is 0.432. The Morgan fingerprint density at radius 1 is 1.16 bits per heavy atom. The number of piperidine rings is 1. The van der Waals surface area contributed by atoms with E-state index < -0.39 is 23.4 Å². The third kappa shape index (κ3) is 1.74. The predicted molar refractivity (Wildman–Crippen MR) is 110 cm³/mol. The Hall–Kier alpha value is -0.280. The number of nitrogens with zero attached hydrogens (tertiary/aromatic N) is 1. The van der Waals surface area contributed by atoms with Gasteiger partial charge < -0.3 is 29.2 Å². The smallest absolute Gasteiger partial charge is 0.148 e. The second kappa shape index (κ2) is 5.85. The molecule has 7 heteroatoms. The highest BCUT2D eigenvalue weighted by Crippen LogP contribution is 2.82. The summed E-state index contributed by atoms with van der Waals surface area (Å²) in [5.41, 5.74) is -1.63. The molecule has 7 bridgehead atoms. The monoisotopic (exact) mass is 435 g/mol. The number of methoxy groups -OCH3 is 2. The first-order chi connectivity index (χ1) is 14.9. The van der Waals surface area contributed by atoms with E-state index in [9.17, 15) is 10.2 Å². The normalized spacial score (nSPS) is 65.8. The predicted octanol–water partition coefficient (Wildman–Crippen LogP) is 1.01. The van der Waals surface area contributed by atoms with Gasteiger partial charge in [0.05, 0.1) is 30.5 Å². The first kappa shape index (κ1) is 20.1. The van der Waals surface area contributed by atoms with Crippen molar-refractivity contribution in [2.75, 3.05) is 34.1 Å². The molecule has 7 nitrogen and oxygen atoms in total. The summed E-state index contributed by atoms with van der Waals surface area (Å²) in [6.07, 6.45) is 2.30. The van der Waals surface area contributed by atoms with Gasteiger partial charge in [0.2, 0.25) is 0 Å². The number of fused-ring (bicyclic) bond motifs is 1. The maximum absolute atomic E-state index is 11.9. The van der Waals surface area contributed by atoms with Gasteiger partial charge >= 0.3 is 0 Å². The third-order valence-corrected chi connectivity index (χ3v) is 11.6. The maximum Gasteiger partial charge on any atom is 0.148 e. The fraction of sp³-hybridized carbons (Fsp3) is 1.00. The second-order valence-corrected chi connectivity index (χ2v) is 11.9. The minimum atomic E-state index is -0.695. The van der Waals surface area contributed by atoms with Gasteiger partial charge in [-0.3, -0.25) is 4.90 Å². The van der Waals surface area contributed by atoms with E-state index in [1.54, 1.807) is 7.11 Å². The Labute approximate surface area is 184 Å². The maximum atomic E-state index is 11.9. The van der Waals surface area contributed by atoms with Crippen LogP contribution in [0.5, 0.6) is 0 Å². The number of likely N-dealkylation sites (N-methyl/N-ethyl adjacent to an activating group) is 1. The molecule has 2 aliphatic heterocycles. The summed E-state index contributed by atoms with van der Waals surface area (Å²) in [5, 5.41) is 23.6. The lowest BCUT2D eigenvalue weighted by Crippen LogP contribution is -2.80. The molecule has 7 aliphatic rings. The van der Waals surface area contributed by atoms with Crippen molar-refractivity contribution in [1.82, 2.24) is 4.90 Å². The highest BCUT2D eigenvalue weighted by atomic mass is 16.7. The molecule has 2 N–H and O–H groups in total. The fourth-order valence-electron chi connectivity index (χ4n) is 11.1. The molecule has 5 saturated carbocycles. The fourth-order valence-corrected chi connectivity index (χ4v) is 11.1. The van der Waals surface area contributed by atoms with Gasteiger partial charge in [-0.15, -0.1) is 0 Å². The van der Waals surface area contributed by atoms with E-state index >= 15 is 0 Å². The van der Waals surface area contributed by atoms with Crippen LogP contribution in [0.3, 0.4) is 0 Å². The molecule has 7 rings (SSSR count). The molecule has 3 spiro atoms. The van der Waals surface area contributed by atoms with Gasteiger partial charge in [-0.2, -0.15) is 0 Å². The molecule has 31 heavy (non-hydrogen) atoms. The van der Waals surface area contributed by atoms with Crippen LogP contribution in [0.25, 0.3) is 0 Å². The first-order valence-corrected chi connectivity index (χ1v) is 12.3. The van der Waals surface area contributed by atoms with Gasteiger partial charge in [0.15, 0.2) is 0 Å². The zero-order chi connectivity index (χ0) is 21.6. The summed E-state index contributed by atoms with van der Waals surface area (Å²) in [6.45, 7) is 6.78. The van der Waals surface area contributed by atoms with Crippen LogP contribution in [0.2, 0.25) is 0 Å². The van der Waals surface area contributed by atoms with Gasteiger partial charge in [0.25, 0.3) is 0 Å². The van der Waals surface area contributed by atoms with Crippen molar-refractivity contribution in [2.45, 2.75) is 81.2 Å². The Morgan fingerprint density at radius 2 is 1.97 bits per heavy atom. The quantitative estimate of drug-likeness (QED) is 0.685. The lowest BCUT2D eigenvalue weighted by atomic mass is 9.43. The van der Waals surface area contributed by atoms with Crippen molar-refractivity contribution in [3.8, 4) is 0 Å². The summed E-state index contributed by atoms with van der Waals surface area (Å²) < 4.78 is 25.9. The Balaban J connectivity index is 1.57. The lowest BCUT2D eigenvalue weighted by molar-refractivity contribution is -0.278. The average Bonchev–Trinajstić information content (AvgIpc) is 3.31. The highest BCUT2D eigenvalue weighted by Gasteiger charge is 2.93. The number of hydrogen-bond donors (Lipinski definition) is 2. The topological polar surface area (TPSA) is 80.6 Å². The van der Waals surface area contributed by atoms with Gasteiger partial charge in [-0.25, -0.2) is 0 Å². The van der Waals surface area contributed by atoms with Crippen molar-refractivity contribution < 1.29 is 29.2 Å². The molecule has 5 aliphatic carbocycles. The van der Waals surface area contributed by atoms with Crippen LogP contribution >= 0.6 is 0 Å². The van der Waals surface area contributed by atoms with Gasteiger partial charge in [-0.05, 0) is 37.1 Å². The van der Waals surface area contributed by atoms with E-state index in [1.807, 2.05) is 7.11 Å². The number of aliphatic hydroxyl groups excluding tert-OH is 2. The number of hydrogen-bond acceptors (Lipinski definition) is 7. The van der Waals surface area contributed by atoms with Crippen LogP contribution < -0.4 is 0 Å². The number of aliphatic hydroxyl groups is 2. The third-order valence-electron chi connectivity index (χ3n) is 11.6. The van der Waals surface area contributed by atoms with Crippen LogP contribution in [-0.2, 0) is 18.9 Å². The molecule has 0 amide bonds. The van der Waals surface area contributed by atoms with Crippen LogP contribution in [0.15, 0.2) is 0 Å². The number of likely N-dealkylation sites (tertiary alicyclic amines) is 1. The Morgan fingerprint density at radius 3 is 2.68 bits per heavy atom. The zero-order valence-corrected chi connectivity index (χ0v) is 19.1. The van der Waals surface area contributed by atoms with Crippen molar-refractivity contribution in [3.63, 3.8) is 0 Å². The molecule has 7 fully saturated rings. The first-order valence-electron chi connectivity index (χ1n) is 12.3. The van der Waals surface area contributed by atoms with Crippen molar-refractivity contribution >= 4 is 0 Å². The van der Waals surface area contributed by atoms with Gasteiger partial charge in [0.1, 0.15) is 18.0 Å². The van der Waals surface area contributed by atoms with E-state index in [1.165, 1.54) is 0 Å². The molecule has 13 atom stereocenters. The SMILES string of the molecule is CCN1C[C@]2(C)CC[C@H](O)[C@]34C5C[C@@H]6[C@@H](OC)C[C@@]7(OCO[C@]7(C13)[C@@H](OC)[C@H]24)C5[C@H]6O. The number of rotatable bonds is 3. The van der Waals surface area contributed by atoms with E-state index in [-0.39, 0.29) is 59.5 Å². The van der Waals surface area contributed by atoms with Gasteiger partial charge in [0, 0.05) is 50.4 Å². The highest BCUT2D eigenvalue weighted by molar-refractivity contribution is 5.42. The molecule has 0 aromatic carbocycles. The standard InChI is InChI=1S/C24H37NO6/c1-5-25-10-21(2)7-6-15(26)23-13-8-12-14(28-3)9-22(16(13)17(12)27)24(20(23)25,31-11-30-22)19(29-4)18(21)23/h12-20,26-27H,5-11H2,1-4H3/t12-,13?,14+,15+,16?,17+,18-,19+,20?,21+,22-,23+,24+/m1/s1. The van der Waals surface area contributed by atoms with E-state index in [4.69, 9.17) is 18.9 Å². The molecule has 3 unspecified atom stereocenters. The van der Waals surface area contributed by atoms with Crippen LogP contribution in [0.4, 0.5) is 0 Å². The van der Waals surface area contributed by atoms with Crippen LogP contribution in [-0.4, -0.2) is 90.9 Å². The van der Waals surface area contributed by atoms with Crippen LogP contribution in [0, 0.1) is 34.5 Å².